The minimum atomic E-state index is 0.0640. The van der Waals surface area contributed by atoms with Crippen molar-refractivity contribution in [3.05, 3.63) is 35.8 Å². The summed E-state index contributed by atoms with van der Waals surface area (Å²) in [5.41, 5.74) is 3.58. The lowest BCUT2D eigenvalue weighted by atomic mass is 10.1. The van der Waals surface area contributed by atoms with Gasteiger partial charge in [-0.15, -0.1) is 0 Å². The molecule has 0 aliphatic carbocycles. The van der Waals surface area contributed by atoms with Crippen molar-refractivity contribution in [3.8, 4) is 11.5 Å². The van der Waals surface area contributed by atoms with Gasteiger partial charge in [0.2, 0.25) is 5.91 Å². The molecule has 1 aliphatic rings. The van der Waals surface area contributed by atoms with E-state index in [0.717, 1.165) is 46.5 Å². The average Bonchev–Trinajstić information content (AvgIpc) is 3.25. The number of likely N-dealkylation sites (N-methyl/N-ethyl adjacent to an activating group) is 1. The fourth-order valence-electron chi connectivity index (χ4n) is 4.31. The number of methoxy groups -OCH3 is 3. The van der Waals surface area contributed by atoms with Crippen LogP contribution >= 0.6 is 0 Å². The van der Waals surface area contributed by atoms with Crippen LogP contribution in [0.15, 0.2) is 24.7 Å². The zero-order valence-electron chi connectivity index (χ0n) is 20.2. The van der Waals surface area contributed by atoms with Gasteiger partial charge in [-0.2, -0.15) is 0 Å². The fraction of sp³-hybridized carbons (Fsp3) is 0.458. The number of H-pyrrole nitrogens is 1. The lowest BCUT2D eigenvalue weighted by Crippen LogP contribution is -2.40. The molecule has 3 heterocycles. The summed E-state index contributed by atoms with van der Waals surface area (Å²) >= 11 is 0. The molecule has 10 heteroatoms. The maximum atomic E-state index is 13.0. The Morgan fingerprint density at radius 1 is 1.09 bits per heavy atom. The molecule has 3 aromatic rings. The number of benzene rings is 1. The van der Waals surface area contributed by atoms with E-state index in [1.165, 1.54) is 0 Å². The molecule has 2 bridgehead atoms. The molecule has 0 spiro atoms. The van der Waals surface area contributed by atoms with E-state index in [2.05, 4.69) is 25.2 Å². The smallest absolute Gasteiger partial charge is 0.236 e. The van der Waals surface area contributed by atoms with E-state index in [1.54, 1.807) is 32.6 Å². The first-order valence-corrected chi connectivity index (χ1v) is 11.3. The standard InChI is InChI=1S/C24H32N6O4/c1-29-7-5-6-16-12-25-23-21(16)24(27-15-26-23)28-18-10-17(22(34-4)19(11-18)33-3)13-30(8-9-32-2)14-20(29)31/h10-12,15H,5-9,13-14H2,1-4H3,(H2,25,26,27,28). The zero-order valence-corrected chi connectivity index (χ0v) is 20.2. The molecule has 34 heavy (non-hydrogen) atoms. The summed E-state index contributed by atoms with van der Waals surface area (Å²) in [4.78, 5) is 29.0. The second kappa shape index (κ2) is 10.7. The van der Waals surface area contributed by atoms with Gasteiger partial charge in [0.25, 0.3) is 0 Å². The van der Waals surface area contributed by atoms with E-state index in [9.17, 15) is 4.79 Å². The molecule has 0 fully saturated rings. The second-order valence-electron chi connectivity index (χ2n) is 8.38. The maximum Gasteiger partial charge on any atom is 0.236 e. The molecule has 0 unspecified atom stereocenters. The van der Waals surface area contributed by atoms with Crippen LogP contribution in [0.4, 0.5) is 11.5 Å². The molecule has 0 atom stereocenters. The van der Waals surface area contributed by atoms with Gasteiger partial charge in [-0.05, 0) is 24.5 Å². The minimum Gasteiger partial charge on any atom is -0.493 e. The van der Waals surface area contributed by atoms with Gasteiger partial charge in [-0.25, -0.2) is 9.97 Å². The summed E-state index contributed by atoms with van der Waals surface area (Å²) in [5, 5.41) is 4.41. The molecule has 1 amide bonds. The Hall–Kier alpha value is -3.37. The molecule has 182 valence electrons. The van der Waals surface area contributed by atoms with Gasteiger partial charge < -0.3 is 29.4 Å². The molecule has 2 aromatic heterocycles. The van der Waals surface area contributed by atoms with Gasteiger partial charge in [0.1, 0.15) is 17.8 Å². The van der Waals surface area contributed by atoms with Crippen molar-refractivity contribution in [2.45, 2.75) is 19.4 Å². The molecule has 0 radical (unpaired) electrons. The van der Waals surface area contributed by atoms with E-state index in [4.69, 9.17) is 14.2 Å². The van der Waals surface area contributed by atoms with Gasteiger partial charge >= 0.3 is 0 Å². The Labute approximate surface area is 199 Å². The highest BCUT2D eigenvalue weighted by atomic mass is 16.5. The number of hydrogen-bond acceptors (Lipinski definition) is 8. The van der Waals surface area contributed by atoms with Crippen LogP contribution in [0.3, 0.4) is 0 Å². The average molecular weight is 469 g/mol. The first-order valence-electron chi connectivity index (χ1n) is 11.3. The van der Waals surface area contributed by atoms with Crippen molar-refractivity contribution >= 4 is 28.4 Å². The summed E-state index contributed by atoms with van der Waals surface area (Å²) in [6.07, 6.45) is 5.14. The normalized spacial score (nSPS) is 15.5. The number of carbonyl (C=O) groups excluding carboxylic acids is 1. The largest absolute Gasteiger partial charge is 0.493 e. The van der Waals surface area contributed by atoms with Crippen LogP contribution in [-0.4, -0.2) is 85.3 Å². The van der Waals surface area contributed by atoms with E-state index < -0.39 is 0 Å². The number of ether oxygens (including phenoxy) is 3. The third-order valence-electron chi connectivity index (χ3n) is 6.10. The number of anilines is 2. The number of nitrogens with zero attached hydrogens (tertiary/aromatic N) is 4. The predicted molar refractivity (Wildman–Crippen MR) is 130 cm³/mol. The SMILES string of the molecule is COCCN1CC(=O)N(C)CCCc2c[nH]c3ncnc(c23)Nc2cc(c(OC)c(OC)c2)C1. The highest BCUT2D eigenvalue weighted by Gasteiger charge is 2.21. The van der Waals surface area contributed by atoms with E-state index >= 15 is 0 Å². The van der Waals surface area contributed by atoms with Crippen molar-refractivity contribution in [2.24, 2.45) is 0 Å². The first kappa shape index (κ1) is 23.8. The van der Waals surface area contributed by atoms with E-state index in [1.807, 2.05) is 25.4 Å². The predicted octanol–water partition coefficient (Wildman–Crippen LogP) is 2.57. The van der Waals surface area contributed by atoms with Gasteiger partial charge in [-0.3, -0.25) is 9.69 Å². The number of aromatic nitrogens is 3. The Balaban J connectivity index is 1.81. The topological polar surface area (TPSA) is 105 Å². The van der Waals surface area contributed by atoms with Crippen molar-refractivity contribution < 1.29 is 19.0 Å². The summed E-state index contributed by atoms with van der Waals surface area (Å²) in [6.45, 7) is 2.56. The van der Waals surface area contributed by atoms with E-state index in [0.29, 0.717) is 37.7 Å². The third-order valence-corrected chi connectivity index (χ3v) is 6.10. The van der Waals surface area contributed by atoms with Crippen LogP contribution in [0.2, 0.25) is 0 Å². The number of fused-ring (bicyclic) bond motifs is 2. The van der Waals surface area contributed by atoms with Crippen molar-refractivity contribution in [1.82, 2.24) is 24.8 Å². The number of hydrogen-bond donors (Lipinski definition) is 2. The Morgan fingerprint density at radius 2 is 1.94 bits per heavy atom. The lowest BCUT2D eigenvalue weighted by Gasteiger charge is -2.26. The molecule has 1 aromatic carbocycles. The first-order chi connectivity index (χ1) is 16.5. The molecule has 1 aliphatic heterocycles. The summed E-state index contributed by atoms with van der Waals surface area (Å²) in [5.74, 6) is 2.02. The van der Waals surface area contributed by atoms with Gasteiger partial charge in [0.15, 0.2) is 11.5 Å². The molecular weight excluding hydrogens is 436 g/mol. The lowest BCUT2D eigenvalue weighted by molar-refractivity contribution is -0.131. The molecule has 2 N–H and O–H groups in total. The molecular formula is C24H32N6O4. The number of aryl methyl sites for hydroxylation is 1. The van der Waals surface area contributed by atoms with Gasteiger partial charge in [0, 0.05) is 57.3 Å². The summed E-state index contributed by atoms with van der Waals surface area (Å²) in [7, 11) is 6.75. The third kappa shape index (κ3) is 5.07. The summed E-state index contributed by atoms with van der Waals surface area (Å²) in [6, 6.07) is 3.90. The second-order valence-corrected chi connectivity index (χ2v) is 8.38. The van der Waals surface area contributed by atoms with E-state index in [-0.39, 0.29) is 12.5 Å². The fourth-order valence-corrected chi connectivity index (χ4v) is 4.31. The number of aromatic amines is 1. The van der Waals surface area contributed by atoms with Crippen molar-refractivity contribution in [1.29, 1.82) is 0 Å². The van der Waals surface area contributed by atoms with Crippen molar-refractivity contribution in [3.63, 3.8) is 0 Å². The van der Waals surface area contributed by atoms with Crippen LogP contribution in [-0.2, 0) is 22.5 Å². The Morgan fingerprint density at radius 3 is 2.71 bits per heavy atom. The summed E-state index contributed by atoms with van der Waals surface area (Å²) < 4.78 is 16.6. The van der Waals surface area contributed by atoms with Crippen LogP contribution in [0, 0.1) is 0 Å². The highest BCUT2D eigenvalue weighted by Crippen LogP contribution is 2.37. The molecule has 0 saturated carbocycles. The number of carbonyl (C=O) groups is 1. The van der Waals surface area contributed by atoms with Crippen LogP contribution in [0.1, 0.15) is 17.5 Å². The van der Waals surface area contributed by atoms with Crippen LogP contribution in [0.5, 0.6) is 11.5 Å². The number of rotatable bonds is 5. The quantitative estimate of drug-likeness (QED) is 0.589. The molecule has 0 saturated heterocycles. The van der Waals surface area contributed by atoms with Crippen LogP contribution < -0.4 is 14.8 Å². The minimum absolute atomic E-state index is 0.0640. The highest BCUT2D eigenvalue weighted by molar-refractivity contribution is 5.92. The van der Waals surface area contributed by atoms with Gasteiger partial charge in [-0.1, -0.05) is 0 Å². The number of amides is 1. The monoisotopic (exact) mass is 468 g/mol. The van der Waals surface area contributed by atoms with Gasteiger partial charge in [0.05, 0.1) is 32.8 Å². The Bertz CT molecular complexity index is 1150. The van der Waals surface area contributed by atoms with Crippen LogP contribution in [0.25, 0.3) is 11.0 Å². The van der Waals surface area contributed by atoms with Crippen molar-refractivity contribution in [2.75, 3.05) is 59.9 Å². The zero-order chi connectivity index (χ0) is 24.1. The molecule has 4 rings (SSSR count). The number of nitrogens with one attached hydrogen (secondary N) is 2. The maximum absolute atomic E-state index is 13.0. The Kier molecular flexibility index (Phi) is 7.49. The molecule has 10 nitrogen and oxygen atoms in total.